The maximum Gasteiger partial charge on any atom is 0.259 e. The molecule has 0 bridgehead atoms. The average molecular weight is 380 g/mol. The number of hydrogen-bond acceptors (Lipinski definition) is 3. The molecule has 5 nitrogen and oxygen atoms in total. The van der Waals surface area contributed by atoms with Crippen molar-refractivity contribution in [3.05, 3.63) is 12.0 Å². The lowest BCUT2D eigenvalue weighted by Crippen LogP contribution is -2.38. The van der Waals surface area contributed by atoms with Crippen LogP contribution in [0.15, 0.2) is 11.2 Å². The molecule has 0 saturated carbocycles. The Morgan fingerprint density at radius 1 is 1.33 bits per heavy atom. The largest absolute Gasteiger partial charge is 0.334 e. The molecular weight excluding hydrogens is 354 g/mol. The van der Waals surface area contributed by atoms with Crippen molar-refractivity contribution in [3.63, 3.8) is 0 Å². The van der Waals surface area contributed by atoms with Crippen LogP contribution in [-0.4, -0.2) is 29.8 Å². The number of hydrogen-bond donors (Lipinski definition) is 1. The SMILES string of the molecule is CCCn1cc(S(=O)(=O)NCC(CC)(CC)CBr)nc1C. The molecular formula is C14H26BrN3O2S. The lowest BCUT2D eigenvalue weighted by atomic mass is 9.85. The van der Waals surface area contributed by atoms with Gasteiger partial charge in [0, 0.05) is 24.6 Å². The second-order valence-corrected chi connectivity index (χ2v) is 7.76. The lowest BCUT2D eigenvalue weighted by molar-refractivity contribution is 0.309. The van der Waals surface area contributed by atoms with E-state index in [9.17, 15) is 8.42 Å². The molecule has 0 unspecified atom stereocenters. The number of rotatable bonds is 9. The van der Waals surface area contributed by atoms with Gasteiger partial charge in [-0.15, -0.1) is 0 Å². The van der Waals surface area contributed by atoms with Gasteiger partial charge in [-0.25, -0.2) is 18.1 Å². The van der Waals surface area contributed by atoms with Crippen LogP contribution in [0.2, 0.25) is 0 Å². The van der Waals surface area contributed by atoms with Gasteiger partial charge < -0.3 is 4.57 Å². The van der Waals surface area contributed by atoms with E-state index in [2.05, 4.69) is 46.4 Å². The van der Waals surface area contributed by atoms with E-state index >= 15 is 0 Å². The van der Waals surface area contributed by atoms with E-state index < -0.39 is 10.0 Å². The van der Waals surface area contributed by atoms with Gasteiger partial charge in [0.05, 0.1) is 0 Å². The Morgan fingerprint density at radius 3 is 2.43 bits per heavy atom. The Bertz CT molecular complexity index is 542. The van der Waals surface area contributed by atoms with Crippen molar-refractivity contribution in [3.8, 4) is 0 Å². The molecule has 0 amide bonds. The number of imidazole rings is 1. The number of alkyl halides is 1. The van der Waals surface area contributed by atoms with Crippen molar-refractivity contribution in [1.29, 1.82) is 0 Å². The van der Waals surface area contributed by atoms with Gasteiger partial charge in [-0.1, -0.05) is 36.7 Å². The van der Waals surface area contributed by atoms with Crippen LogP contribution in [0.1, 0.15) is 45.9 Å². The van der Waals surface area contributed by atoms with E-state index in [-0.39, 0.29) is 10.4 Å². The third kappa shape index (κ3) is 4.53. The van der Waals surface area contributed by atoms with E-state index in [1.54, 1.807) is 6.20 Å². The zero-order valence-corrected chi connectivity index (χ0v) is 15.7. The minimum absolute atomic E-state index is 0.0475. The highest BCUT2D eigenvalue weighted by Crippen LogP contribution is 2.28. The second-order valence-electron chi connectivity index (χ2n) is 5.49. The molecule has 0 aromatic carbocycles. The summed E-state index contributed by atoms with van der Waals surface area (Å²) < 4.78 is 29.4. The third-order valence-electron chi connectivity index (χ3n) is 4.11. The van der Waals surface area contributed by atoms with E-state index in [0.29, 0.717) is 6.54 Å². The van der Waals surface area contributed by atoms with Gasteiger partial charge in [-0.05, 0) is 31.6 Å². The quantitative estimate of drug-likeness (QED) is 0.670. The molecule has 1 aromatic heterocycles. The van der Waals surface area contributed by atoms with E-state index in [1.165, 1.54) is 0 Å². The summed E-state index contributed by atoms with van der Waals surface area (Å²) in [4.78, 5) is 4.18. The maximum absolute atomic E-state index is 12.4. The van der Waals surface area contributed by atoms with E-state index in [4.69, 9.17) is 0 Å². The molecule has 1 heterocycles. The van der Waals surface area contributed by atoms with Gasteiger partial charge in [0.1, 0.15) is 5.82 Å². The predicted octanol–water partition coefficient (Wildman–Crippen LogP) is 3.08. The molecule has 1 aromatic rings. The normalized spacial score (nSPS) is 12.8. The van der Waals surface area contributed by atoms with Crippen molar-refractivity contribution in [2.75, 3.05) is 11.9 Å². The number of sulfonamides is 1. The topological polar surface area (TPSA) is 64.0 Å². The smallest absolute Gasteiger partial charge is 0.259 e. The first-order valence-electron chi connectivity index (χ1n) is 7.43. The first kappa shape index (κ1) is 18.6. The van der Waals surface area contributed by atoms with E-state index in [0.717, 1.165) is 37.0 Å². The number of nitrogens with zero attached hydrogens (tertiary/aromatic N) is 2. The molecule has 0 aliphatic heterocycles. The molecule has 0 fully saturated rings. The first-order valence-corrected chi connectivity index (χ1v) is 10.0. The summed E-state index contributed by atoms with van der Waals surface area (Å²) in [7, 11) is -3.55. The predicted molar refractivity (Wildman–Crippen MR) is 89.3 cm³/mol. The average Bonchev–Trinajstić information content (AvgIpc) is 2.84. The fourth-order valence-corrected chi connectivity index (χ4v) is 4.29. The van der Waals surface area contributed by atoms with E-state index in [1.807, 2.05) is 11.5 Å². The van der Waals surface area contributed by atoms with Crippen LogP contribution in [0.4, 0.5) is 0 Å². The highest BCUT2D eigenvalue weighted by atomic mass is 79.9. The Morgan fingerprint density at radius 2 is 1.95 bits per heavy atom. The molecule has 0 aliphatic carbocycles. The molecule has 0 atom stereocenters. The maximum atomic E-state index is 12.4. The zero-order chi connectivity index (χ0) is 16.1. The Balaban J connectivity index is 2.89. The molecule has 1 N–H and O–H groups in total. The Hall–Kier alpha value is -0.400. The summed E-state index contributed by atoms with van der Waals surface area (Å²) in [6.45, 7) is 9.25. The van der Waals surface area contributed by atoms with Crippen molar-refractivity contribution in [1.82, 2.24) is 14.3 Å². The van der Waals surface area contributed by atoms with Gasteiger partial charge in [0.25, 0.3) is 10.0 Å². The highest BCUT2D eigenvalue weighted by Gasteiger charge is 2.28. The van der Waals surface area contributed by atoms with Crippen LogP contribution < -0.4 is 4.72 Å². The molecule has 1 rings (SSSR count). The number of aromatic nitrogens is 2. The van der Waals surface area contributed by atoms with Crippen LogP contribution >= 0.6 is 15.9 Å². The van der Waals surface area contributed by atoms with Crippen molar-refractivity contribution >= 4 is 26.0 Å². The molecule has 0 saturated heterocycles. The van der Waals surface area contributed by atoms with Crippen molar-refractivity contribution in [2.24, 2.45) is 5.41 Å². The van der Waals surface area contributed by atoms with Crippen LogP contribution in [0.5, 0.6) is 0 Å². The molecule has 21 heavy (non-hydrogen) atoms. The summed E-state index contributed by atoms with van der Waals surface area (Å²) in [6.07, 6.45) is 4.40. The monoisotopic (exact) mass is 379 g/mol. The van der Waals surface area contributed by atoms with Crippen molar-refractivity contribution in [2.45, 2.75) is 58.5 Å². The number of nitrogens with one attached hydrogen (secondary N) is 1. The summed E-state index contributed by atoms with van der Waals surface area (Å²) in [5.74, 6) is 0.731. The fraction of sp³-hybridized carbons (Fsp3) is 0.786. The van der Waals surface area contributed by atoms with Crippen LogP contribution in [0.3, 0.4) is 0 Å². The molecule has 7 heteroatoms. The van der Waals surface area contributed by atoms with Gasteiger partial charge in [0.15, 0.2) is 5.03 Å². The van der Waals surface area contributed by atoms with Crippen LogP contribution in [0, 0.1) is 12.3 Å². The highest BCUT2D eigenvalue weighted by molar-refractivity contribution is 9.09. The van der Waals surface area contributed by atoms with Crippen molar-refractivity contribution < 1.29 is 8.42 Å². The molecule has 0 aliphatic rings. The zero-order valence-electron chi connectivity index (χ0n) is 13.3. The minimum atomic E-state index is -3.55. The first-order chi connectivity index (χ1) is 9.84. The second kappa shape index (κ2) is 7.74. The minimum Gasteiger partial charge on any atom is -0.334 e. The van der Waals surface area contributed by atoms with Gasteiger partial charge >= 0.3 is 0 Å². The summed E-state index contributed by atoms with van der Waals surface area (Å²) in [5, 5.41) is 0.892. The molecule has 0 radical (unpaired) electrons. The van der Waals surface area contributed by atoms with Gasteiger partial charge in [-0.2, -0.15) is 0 Å². The van der Waals surface area contributed by atoms with Gasteiger partial charge in [0.2, 0.25) is 0 Å². The summed E-state index contributed by atoms with van der Waals surface area (Å²) in [6, 6.07) is 0. The fourth-order valence-electron chi connectivity index (χ4n) is 2.13. The molecule has 122 valence electrons. The Kier molecular flexibility index (Phi) is 6.87. The van der Waals surface area contributed by atoms with Crippen LogP contribution in [0.25, 0.3) is 0 Å². The van der Waals surface area contributed by atoms with Gasteiger partial charge in [-0.3, -0.25) is 0 Å². The lowest BCUT2D eigenvalue weighted by Gasteiger charge is -2.29. The summed E-state index contributed by atoms with van der Waals surface area (Å²) in [5.41, 5.74) is -0.0475. The standard InChI is InChI=1S/C14H26BrN3O2S/c1-5-8-18-9-13(17-12(18)4)21(19,20)16-11-14(6-2,7-3)10-15/h9,16H,5-8,10-11H2,1-4H3. The number of aryl methyl sites for hydroxylation is 2. The third-order valence-corrected chi connectivity index (χ3v) is 6.58. The number of halogens is 1. The summed E-state index contributed by atoms with van der Waals surface area (Å²) >= 11 is 3.50. The molecule has 0 spiro atoms. The van der Waals surface area contributed by atoms with Crippen LogP contribution in [-0.2, 0) is 16.6 Å². The Labute approximate surface area is 136 Å².